The molecule has 3 atom stereocenters. The Bertz CT molecular complexity index is 1260. The number of hydrogen-bond acceptors (Lipinski definition) is 8. The minimum atomic E-state index is -2.08. The predicted molar refractivity (Wildman–Crippen MR) is 142 cm³/mol. The van der Waals surface area contributed by atoms with Crippen molar-refractivity contribution in [1.29, 1.82) is 0 Å². The zero-order valence-corrected chi connectivity index (χ0v) is 22.1. The maximum atomic E-state index is 12.9. The zero-order valence-electron chi connectivity index (χ0n) is 19.6. The Morgan fingerprint density at radius 1 is 1.08 bits per heavy atom. The number of carbonyl (C=O) groups is 2. The van der Waals surface area contributed by atoms with Crippen molar-refractivity contribution >= 4 is 60.0 Å². The van der Waals surface area contributed by atoms with Gasteiger partial charge in [0.1, 0.15) is 14.0 Å². The van der Waals surface area contributed by atoms with Gasteiger partial charge in [-0.1, -0.05) is 25.4 Å². The number of nitrogens with one attached hydrogen (secondary N) is 2. The van der Waals surface area contributed by atoms with Crippen LogP contribution in [0.2, 0.25) is 5.02 Å². The summed E-state index contributed by atoms with van der Waals surface area (Å²) in [5, 5.41) is 8.18. The van der Waals surface area contributed by atoms with Gasteiger partial charge in [-0.2, -0.15) is 10.1 Å². The molecule has 0 fully saturated rings. The first-order chi connectivity index (χ1) is 17.3. The van der Waals surface area contributed by atoms with Gasteiger partial charge in [0.15, 0.2) is 11.0 Å². The van der Waals surface area contributed by atoms with Crippen LogP contribution in [-0.4, -0.2) is 47.3 Å². The topological polar surface area (TPSA) is 137 Å². The van der Waals surface area contributed by atoms with Gasteiger partial charge in [0.2, 0.25) is 5.95 Å². The number of carbonyl (C=O) groups excluding carboxylic acids is 2. The smallest absolute Gasteiger partial charge is 0.281 e. The minimum Gasteiger partial charge on any atom is -0.354 e. The fourth-order valence-electron chi connectivity index (χ4n) is 3.04. The van der Waals surface area contributed by atoms with Gasteiger partial charge in [0.05, 0.1) is 10.6 Å². The number of hydrazone groups is 1. The van der Waals surface area contributed by atoms with Crippen LogP contribution >= 0.6 is 19.9 Å². The highest BCUT2D eigenvalue weighted by Crippen LogP contribution is 2.41. The average molecular weight is 547 g/mol. The molecular formula is C23H24ClN6O4PS. The normalized spacial score (nSPS) is 16.4. The van der Waals surface area contributed by atoms with Gasteiger partial charge in [-0.15, -0.1) is 0 Å². The van der Waals surface area contributed by atoms with E-state index >= 15 is 0 Å². The van der Waals surface area contributed by atoms with Crippen LogP contribution in [0, 0.1) is 0 Å². The predicted octanol–water partition coefficient (Wildman–Crippen LogP) is 4.43. The number of hydrogen-bond donors (Lipinski definition) is 3. The van der Waals surface area contributed by atoms with E-state index in [0.717, 1.165) is 5.01 Å². The van der Waals surface area contributed by atoms with E-state index in [9.17, 15) is 18.7 Å². The second kappa shape index (κ2) is 12.6. The number of benzene rings is 2. The monoisotopic (exact) mass is 546 g/mol. The number of imide groups is 1. The molecule has 36 heavy (non-hydrogen) atoms. The molecule has 4 rings (SSSR count). The number of aromatic nitrogens is 2. The molecule has 2 amide bonds. The fourth-order valence-corrected chi connectivity index (χ4v) is 5.21. The molecule has 0 aliphatic carbocycles. The van der Waals surface area contributed by atoms with Crippen LogP contribution in [0.3, 0.4) is 0 Å². The van der Waals surface area contributed by atoms with E-state index in [2.05, 4.69) is 24.9 Å². The molecule has 10 nitrogen and oxygen atoms in total. The van der Waals surface area contributed by atoms with E-state index in [0.29, 0.717) is 21.3 Å². The highest BCUT2D eigenvalue weighted by atomic mass is 35.5. The summed E-state index contributed by atoms with van der Waals surface area (Å²) >= 11 is 5.85. The van der Waals surface area contributed by atoms with E-state index in [-0.39, 0.29) is 11.5 Å². The molecule has 188 valence electrons. The molecule has 1 aliphatic heterocycles. The quantitative estimate of drug-likeness (QED) is 0.294. The maximum absolute atomic E-state index is 12.9. The van der Waals surface area contributed by atoms with Crippen molar-refractivity contribution < 1.29 is 18.7 Å². The largest absolute Gasteiger partial charge is 0.354 e. The van der Waals surface area contributed by atoms with Crippen LogP contribution in [0.15, 0.2) is 77.0 Å². The third kappa shape index (κ3) is 6.50. The Morgan fingerprint density at radius 3 is 2.31 bits per heavy atom. The van der Waals surface area contributed by atoms with Gasteiger partial charge < -0.3 is 9.98 Å². The second-order valence-corrected chi connectivity index (χ2v) is 10.1. The molecule has 0 spiro atoms. The number of nitrogens with zero attached hydrogens (tertiary/aromatic N) is 4. The molecule has 3 aromatic rings. The van der Waals surface area contributed by atoms with Crippen molar-refractivity contribution in [3.63, 3.8) is 0 Å². The minimum absolute atomic E-state index is 0.231. The second-order valence-electron chi connectivity index (χ2n) is 7.03. The number of rotatable bonds is 7. The average Bonchev–Trinajstić information content (AvgIpc) is 3.20. The molecule has 13 heteroatoms. The first-order valence-electron chi connectivity index (χ1n) is 10.8. The Morgan fingerprint density at radius 2 is 1.69 bits per heavy atom. The molecule has 1 aromatic heterocycles. The molecule has 0 bridgehead atoms. The van der Waals surface area contributed by atoms with Crippen molar-refractivity contribution in [3.8, 4) is 0 Å². The summed E-state index contributed by atoms with van der Waals surface area (Å²) in [6.45, 7) is 5.58. The lowest BCUT2D eigenvalue weighted by atomic mass is 10.2. The first-order valence-corrected chi connectivity index (χ1v) is 13.7. The number of halogens is 1. The fraction of sp³-hybridized carbons (Fsp3) is 0.174. The highest BCUT2D eigenvalue weighted by molar-refractivity contribution is 7.86. The Hall–Kier alpha value is -3.24. The Kier molecular flexibility index (Phi) is 9.60. The molecule has 3 N–H and O–H groups in total. The van der Waals surface area contributed by atoms with Crippen LogP contribution < -0.4 is 9.81 Å². The molecule has 1 aliphatic rings. The summed E-state index contributed by atoms with van der Waals surface area (Å²) in [6, 6.07) is 14.2. The van der Waals surface area contributed by atoms with Gasteiger partial charge in [0, 0.05) is 28.7 Å². The molecule has 2 heterocycles. The standard InChI is InChI=1S/C21H18ClN6O4PS.C2H6/c1-13-18(20(30)28(25-13)19(29)14-3-5-15(22)6-4-14)33(31)26-16-7-9-17(10-8-16)34(32)27-21-23-11-2-12-24-21;1-2/h2-12,18,26,31H,1H3,(H,23,24,27);1-2H3. The van der Waals surface area contributed by atoms with Crippen LogP contribution in [0.4, 0.5) is 11.6 Å². The Balaban J connectivity index is 0.00000176. The van der Waals surface area contributed by atoms with Gasteiger partial charge in [-0.25, -0.2) is 14.2 Å². The molecule has 0 saturated carbocycles. The third-order valence-corrected chi connectivity index (χ3v) is 7.58. The molecule has 2 aromatic carbocycles. The van der Waals surface area contributed by atoms with Crippen LogP contribution in [-0.2, 0) is 15.8 Å². The third-order valence-electron chi connectivity index (χ3n) is 4.69. The van der Waals surface area contributed by atoms with Crippen LogP contribution in [0.5, 0.6) is 0 Å². The van der Waals surface area contributed by atoms with Crippen molar-refractivity contribution in [2.24, 2.45) is 5.10 Å². The van der Waals surface area contributed by atoms with E-state index in [1.807, 2.05) is 13.8 Å². The van der Waals surface area contributed by atoms with E-state index in [1.165, 1.54) is 24.5 Å². The van der Waals surface area contributed by atoms with Crippen molar-refractivity contribution in [3.05, 3.63) is 77.6 Å². The summed E-state index contributed by atoms with van der Waals surface area (Å²) in [6.07, 6.45) is 3.06. The van der Waals surface area contributed by atoms with E-state index in [4.69, 9.17) is 11.6 Å². The first kappa shape index (κ1) is 27.3. The molecule has 3 unspecified atom stereocenters. The van der Waals surface area contributed by atoms with Gasteiger partial charge in [0.25, 0.3) is 11.8 Å². The SMILES string of the molecule is CC.CC1=NN(C(=O)c2ccc(Cl)cc2)C(=O)C1P(O)Nc1ccc(S(=O)Nc2ncccn2)cc1. The number of anilines is 2. The number of amides is 2. The van der Waals surface area contributed by atoms with Crippen LogP contribution in [0.1, 0.15) is 31.1 Å². The molecule has 0 radical (unpaired) electrons. The summed E-state index contributed by atoms with van der Waals surface area (Å²) < 4.78 is 15.1. The van der Waals surface area contributed by atoms with Crippen LogP contribution in [0.25, 0.3) is 0 Å². The maximum Gasteiger partial charge on any atom is 0.281 e. The highest BCUT2D eigenvalue weighted by Gasteiger charge is 2.42. The summed E-state index contributed by atoms with van der Waals surface area (Å²) in [5.41, 5.74) is 0.0897. The molecule has 0 saturated heterocycles. The zero-order chi connectivity index (χ0) is 26.2. The summed E-state index contributed by atoms with van der Waals surface area (Å²) in [7, 11) is -3.67. The van der Waals surface area contributed by atoms with E-state index < -0.39 is 36.8 Å². The van der Waals surface area contributed by atoms with Gasteiger partial charge >= 0.3 is 0 Å². The van der Waals surface area contributed by atoms with Gasteiger partial charge in [-0.3, -0.25) is 14.3 Å². The lowest BCUT2D eigenvalue weighted by molar-refractivity contribution is -0.125. The summed E-state index contributed by atoms with van der Waals surface area (Å²) in [5.74, 6) is -0.994. The van der Waals surface area contributed by atoms with Crippen molar-refractivity contribution in [1.82, 2.24) is 15.0 Å². The van der Waals surface area contributed by atoms with Crippen molar-refractivity contribution in [2.75, 3.05) is 9.81 Å². The lowest BCUT2D eigenvalue weighted by Gasteiger charge is -2.19. The molecular weight excluding hydrogens is 523 g/mol. The van der Waals surface area contributed by atoms with E-state index in [1.54, 1.807) is 49.4 Å². The van der Waals surface area contributed by atoms with Crippen molar-refractivity contribution in [2.45, 2.75) is 31.3 Å². The summed E-state index contributed by atoms with van der Waals surface area (Å²) in [4.78, 5) is 44.7. The van der Waals surface area contributed by atoms with Gasteiger partial charge in [-0.05, 0) is 61.5 Å². The lowest BCUT2D eigenvalue weighted by Crippen LogP contribution is -2.35. The Labute approximate surface area is 217 Å².